The van der Waals surface area contributed by atoms with E-state index in [-0.39, 0.29) is 12.2 Å². The second-order valence-electron chi connectivity index (χ2n) is 4.85. The maximum absolute atomic E-state index is 13.9. The van der Waals surface area contributed by atoms with Crippen molar-refractivity contribution < 1.29 is 22.7 Å². The lowest BCUT2D eigenvalue weighted by molar-refractivity contribution is -0.209. The van der Waals surface area contributed by atoms with Crippen LogP contribution in [-0.2, 0) is 0 Å². The van der Waals surface area contributed by atoms with Gasteiger partial charge in [0, 0.05) is 6.42 Å². The molecule has 0 fully saturated rings. The quantitative estimate of drug-likeness (QED) is 0.868. The summed E-state index contributed by atoms with van der Waals surface area (Å²) in [5.74, 6) is -0.997. The Hall–Kier alpha value is -1.96. The highest BCUT2D eigenvalue weighted by Crippen LogP contribution is 2.41. The van der Waals surface area contributed by atoms with Crippen molar-refractivity contribution in [3.8, 4) is 0 Å². The summed E-state index contributed by atoms with van der Waals surface area (Å²) in [6.07, 6.45) is -9.12. The fourth-order valence-corrected chi connectivity index (χ4v) is 2.41. The topological polar surface area (TPSA) is 50.9 Å². The van der Waals surface area contributed by atoms with Crippen molar-refractivity contribution in [1.29, 1.82) is 0 Å². The number of hydrogen-bond donors (Lipinski definition) is 1. The number of alkyl halides is 4. The molecule has 1 aliphatic rings. The van der Waals surface area contributed by atoms with Gasteiger partial charge in [-0.25, -0.2) is 14.1 Å². The summed E-state index contributed by atoms with van der Waals surface area (Å²) < 4.78 is 52.5. The minimum absolute atomic E-state index is 0.0712. The van der Waals surface area contributed by atoms with Gasteiger partial charge in [-0.1, -0.05) is 30.3 Å². The third kappa shape index (κ3) is 2.39. The van der Waals surface area contributed by atoms with Crippen molar-refractivity contribution in [3.05, 3.63) is 47.5 Å². The van der Waals surface area contributed by atoms with Gasteiger partial charge < -0.3 is 5.11 Å². The van der Waals surface area contributed by atoms with Gasteiger partial charge in [0.05, 0.1) is 6.04 Å². The molecule has 1 aliphatic heterocycles. The van der Waals surface area contributed by atoms with Gasteiger partial charge in [-0.3, -0.25) is 0 Å². The molecule has 0 saturated heterocycles. The van der Waals surface area contributed by atoms with Crippen molar-refractivity contribution in [3.63, 3.8) is 0 Å². The molecule has 3 unspecified atom stereocenters. The van der Waals surface area contributed by atoms with E-state index < -0.39 is 30.3 Å². The first-order valence-electron chi connectivity index (χ1n) is 6.28. The fraction of sp³-hybridized carbons (Fsp3) is 0.385. The lowest BCUT2D eigenvalue weighted by Crippen LogP contribution is -2.22. The highest BCUT2D eigenvalue weighted by molar-refractivity contribution is 5.23. The van der Waals surface area contributed by atoms with Gasteiger partial charge in [-0.2, -0.15) is 18.3 Å². The molecule has 0 radical (unpaired) electrons. The molecule has 1 N–H and O–H groups in total. The molecule has 21 heavy (non-hydrogen) atoms. The predicted octanol–water partition coefficient (Wildman–Crippen LogP) is 2.88. The van der Waals surface area contributed by atoms with Gasteiger partial charge in [0.15, 0.2) is 17.8 Å². The van der Waals surface area contributed by atoms with Crippen LogP contribution in [0.1, 0.15) is 42.0 Å². The Labute approximate surface area is 117 Å². The summed E-state index contributed by atoms with van der Waals surface area (Å²) in [5, 5.41) is 12.8. The average Bonchev–Trinajstić information content (AvgIpc) is 2.99. The summed E-state index contributed by atoms with van der Waals surface area (Å²) in [6.45, 7) is 0. The van der Waals surface area contributed by atoms with Gasteiger partial charge in [0.1, 0.15) is 0 Å². The lowest BCUT2D eigenvalue weighted by Gasteiger charge is -2.13. The molecule has 112 valence electrons. The highest BCUT2D eigenvalue weighted by atomic mass is 19.4. The number of rotatable bonds is 2. The molecule has 8 heteroatoms. The number of aliphatic hydroxyl groups excluding tert-OH is 1. The monoisotopic (exact) mass is 301 g/mol. The Balaban J connectivity index is 1.99. The molecule has 2 aromatic rings. The molecule has 0 bridgehead atoms. The first-order valence-corrected chi connectivity index (χ1v) is 6.28. The number of nitrogens with zero attached hydrogens (tertiary/aromatic N) is 3. The number of fused-ring (bicyclic) bond motifs is 1. The number of aliphatic hydroxyl groups is 1. The summed E-state index contributed by atoms with van der Waals surface area (Å²) in [6, 6.07) is 8.26. The van der Waals surface area contributed by atoms with Crippen LogP contribution in [0.4, 0.5) is 17.6 Å². The largest absolute Gasteiger partial charge is 0.421 e. The number of benzene rings is 1. The van der Waals surface area contributed by atoms with Crippen molar-refractivity contribution in [2.24, 2.45) is 0 Å². The molecule has 0 aliphatic carbocycles. The second kappa shape index (κ2) is 4.80. The Bertz CT molecular complexity index is 641. The zero-order valence-electron chi connectivity index (χ0n) is 10.6. The molecule has 1 aromatic carbocycles. The lowest BCUT2D eigenvalue weighted by atomic mass is 10.0. The first kappa shape index (κ1) is 14.0. The Kier molecular flexibility index (Phi) is 3.20. The van der Waals surface area contributed by atoms with Crippen LogP contribution in [0.3, 0.4) is 0 Å². The molecule has 0 spiro atoms. The van der Waals surface area contributed by atoms with E-state index in [1.807, 2.05) is 0 Å². The molecule has 4 nitrogen and oxygen atoms in total. The Morgan fingerprint density at radius 1 is 1.24 bits per heavy atom. The summed E-state index contributed by atoms with van der Waals surface area (Å²) in [5.41, 5.74) is 0.733. The predicted molar refractivity (Wildman–Crippen MR) is 64.1 cm³/mol. The van der Waals surface area contributed by atoms with E-state index in [0.717, 1.165) is 10.2 Å². The molecule has 3 atom stereocenters. The second-order valence-corrected chi connectivity index (χ2v) is 4.85. The molecule has 3 rings (SSSR count). The van der Waals surface area contributed by atoms with E-state index in [1.54, 1.807) is 30.3 Å². The Morgan fingerprint density at radius 2 is 1.90 bits per heavy atom. The van der Waals surface area contributed by atoms with Gasteiger partial charge >= 0.3 is 6.18 Å². The Morgan fingerprint density at radius 3 is 2.52 bits per heavy atom. The fourth-order valence-electron chi connectivity index (χ4n) is 2.41. The van der Waals surface area contributed by atoms with E-state index in [4.69, 9.17) is 0 Å². The zero-order chi connectivity index (χ0) is 15.2. The van der Waals surface area contributed by atoms with Gasteiger partial charge in [0.25, 0.3) is 0 Å². The van der Waals surface area contributed by atoms with Crippen LogP contribution in [0.25, 0.3) is 0 Å². The summed E-state index contributed by atoms with van der Waals surface area (Å²) in [4.78, 5) is 3.52. The molecule has 1 aromatic heterocycles. The first-order chi connectivity index (χ1) is 9.88. The highest BCUT2D eigenvalue weighted by Gasteiger charge is 2.44. The van der Waals surface area contributed by atoms with E-state index >= 15 is 0 Å². The summed E-state index contributed by atoms with van der Waals surface area (Å²) in [7, 11) is 0. The van der Waals surface area contributed by atoms with Crippen molar-refractivity contribution in [1.82, 2.24) is 14.8 Å². The molecule has 0 saturated carbocycles. The number of aromatic nitrogens is 3. The molecule has 0 amide bonds. The van der Waals surface area contributed by atoms with Crippen LogP contribution in [0.2, 0.25) is 0 Å². The van der Waals surface area contributed by atoms with Gasteiger partial charge in [-0.05, 0) is 5.56 Å². The van der Waals surface area contributed by atoms with E-state index in [9.17, 15) is 22.7 Å². The molecular weight excluding hydrogens is 290 g/mol. The van der Waals surface area contributed by atoms with Crippen molar-refractivity contribution in [2.75, 3.05) is 0 Å². The van der Waals surface area contributed by atoms with E-state index in [1.165, 1.54) is 0 Å². The van der Waals surface area contributed by atoms with Crippen LogP contribution < -0.4 is 0 Å². The van der Waals surface area contributed by atoms with Crippen molar-refractivity contribution >= 4 is 0 Å². The van der Waals surface area contributed by atoms with Crippen molar-refractivity contribution in [2.45, 2.75) is 30.9 Å². The smallest absolute Gasteiger partial charge is 0.377 e. The third-order valence-corrected chi connectivity index (χ3v) is 3.42. The molecule has 2 heterocycles. The van der Waals surface area contributed by atoms with Crippen LogP contribution >= 0.6 is 0 Å². The maximum Gasteiger partial charge on any atom is 0.421 e. The van der Waals surface area contributed by atoms with E-state index in [2.05, 4.69) is 10.1 Å². The van der Waals surface area contributed by atoms with Crippen LogP contribution in [0.5, 0.6) is 0 Å². The maximum atomic E-state index is 13.9. The third-order valence-electron chi connectivity index (χ3n) is 3.42. The minimum Gasteiger partial charge on any atom is -0.377 e. The zero-order valence-corrected chi connectivity index (χ0v) is 10.6. The standard InChI is InChI=1S/C13H11F4N3O/c14-8-6-9(7-4-2-1-3-5-7)20-12(8)18-11(19-20)10(21)13(15,16)17/h1-5,8-10,21H,6H2. The van der Waals surface area contributed by atoms with E-state index in [0.29, 0.717) is 0 Å². The minimum atomic E-state index is -4.88. The molecular formula is C13H11F4N3O. The number of halogens is 4. The average molecular weight is 301 g/mol. The van der Waals surface area contributed by atoms with Gasteiger partial charge in [-0.15, -0.1) is 0 Å². The van der Waals surface area contributed by atoms with Crippen LogP contribution in [-0.4, -0.2) is 26.0 Å². The van der Waals surface area contributed by atoms with Gasteiger partial charge in [0.2, 0.25) is 6.10 Å². The van der Waals surface area contributed by atoms with Crippen LogP contribution in [0, 0.1) is 0 Å². The number of hydrogen-bond acceptors (Lipinski definition) is 3. The SMILES string of the molecule is OC(c1nc2n(n1)C(c1ccccc1)CC2F)C(F)(F)F. The summed E-state index contributed by atoms with van der Waals surface area (Å²) >= 11 is 0. The normalized spacial score (nSPS) is 23.1. The van der Waals surface area contributed by atoms with Crippen LogP contribution in [0.15, 0.2) is 30.3 Å².